The molecule has 1 aliphatic rings. The van der Waals surface area contributed by atoms with E-state index in [0.717, 1.165) is 25.6 Å². The monoisotopic (exact) mass is 256 g/mol. The van der Waals surface area contributed by atoms with Gasteiger partial charge in [-0.3, -0.25) is 4.90 Å². The van der Waals surface area contributed by atoms with Crippen LogP contribution in [0.1, 0.15) is 47.0 Å². The van der Waals surface area contributed by atoms with E-state index in [-0.39, 0.29) is 5.54 Å². The quantitative estimate of drug-likeness (QED) is 0.722. The molecule has 0 amide bonds. The molecule has 108 valence electrons. The molecule has 0 aromatic heterocycles. The Hall–Kier alpha value is -0.120. The normalized spacial score (nSPS) is 19.0. The van der Waals surface area contributed by atoms with Gasteiger partial charge in [0.1, 0.15) is 0 Å². The second kappa shape index (κ2) is 7.46. The summed E-state index contributed by atoms with van der Waals surface area (Å²) >= 11 is 0. The van der Waals surface area contributed by atoms with Crippen LogP contribution in [0.25, 0.3) is 0 Å². The summed E-state index contributed by atoms with van der Waals surface area (Å²) in [5.41, 5.74) is 0.182. The van der Waals surface area contributed by atoms with Crippen molar-refractivity contribution in [1.29, 1.82) is 0 Å². The molecule has 0 bridgehead atoms. The van der Waals surface area contributed by atoms with Gasteiger partial charge in [-0.2, -0.15) is 0 Å². The highest BCUT2D eigenvalue weighted by Gasteiger charge is 2.25. The molecule has 1 unspecified atom stereocenters. The molecule has 0 saturated heterocycles. The zero-order chi connectivity index (χ0) is 13.6. The fourth-order valence-electron chi connectivity index (χ4n) is 2.45. The minimum atomic E-state index is 0.182. The molecular formula is C15H32N2O. The van der Waals surface area contributed by atoms with Crippen LogP contribution in [0.4, 0.5) is 0 Å². The lowest BCUT2D eigenvalue weighted by molar-refractivity contribution is 0.0669. The summed E-state index contributed by atoms with van der Waals surface area (Å²) in [6, 6.07) is 0.500. The van der Waals surface area contributed by atoms with Crippen LogP contribution in [0.3, 0.4) is 0 Å². The highest BCUT2D eigenvalue weighted by Crippen LogP contribution is 2.27. The molecule has 0 aromatic rings. The number of rotatable bonds is 8. The minimum absolute atomic E-state index is 0.182. The molecule has 3 nitrogen and oxygen atoms in total. The largest absolute Gasteiger partial charge is 0.383 e. The van der Waals surface area contributed by atoms with Crippen molar-refractivity contribution in [2.24, 2.45) is 5.92 Å². The predicted molar refractivity (Wildman–Crippen MR) is 78.0 cm³/mol. The Balaban J connectivity index is 2.44. The SMILES string of the molecule is CCN(CC1CCC1)C(CNC(C)(C)C)COC. The standard InChI is InChI=1S/C15H32N2O/c1-6-17(11-13-8-7-9-13)14(12-18-5)10-16-15(2,3)4/h13-14,16H,6-12H2,1-5H3. The fraction of sp³-hybridized carbons (Fsp3) is 1.00. The van der Waals surface area contributed by atoms with E-state index in [1.165, 1.54) is 25.8 Å². The Labute approximate surface area is 113 Å². The first kappa shape index (κ1) is 15.9. The van der Waals surface area contributed by atoms with Gasteiger partial charge in [0.15, 0.2) is 0 Å². The first-order chi connectivity index (χ1) is 8.46. The molecule has 1 fully saturated rings. The van der Waals surface area contributed by atoms with Crippen LogP contribution >= 0.6 is 0 Å². The molecule has 1 saturated carbocycles. The second-order valence-corrected chi connectivity index (χ2v) is 6.62. The summed E-state index contributed by atoms with van der Waals surface area (Å²) in [5.74, 6) is 0.930. The second-order valence-electron chi connectivity index (χ2n) is 6.62. The van der Waals surface area contributed by atoms with Gasteiger partial charge in [-0.15, -0.1) is 0 Å². The summed E-state index contributed by atoms with van der Waals surface area (Å²) in [6.45, 7) is 13.1. The topological polar surface area (TPSA) is 24.5 Å². The van der Waals surface area contributed by atoms with Crippen LogP contribution in [-0.2, 0) is 4.74 Å². The van der Waals surface area contributed by atoms with Gasteiger partial charge in [0.2, 0.25) is 0 Å². The van der Waals surface area contributed by atoms with Crippen LogP contribution in [0, 0.1) is 5.92 Å². The molecule has 1 N–H and O–H groups in total. The molecule has 3 heteroatoms. The molecule has 1 atom stereocenters. The van der Waals surface area contributed by atoms with Gasteiger partial charge in [0, 0.05) is 31.8 Å². The fourth-order valence-corrected chi connectivity index (χ4v) is 2.45. The van der Waals surface area contributed by atoms with E-state index in [4.69, 9.17) is 4.74 Å². The van der Waals surface area contributed by atoms with Crippen LogP contribution < -0.4 is 5.32 Å². The van der Waals surface area contributed by atoms with Crippen molar-refractivity contribution in [1.82, 2.24) is 10.2 Å². The predicted octanol–water partition coefficient (Wildman–Crippen LogP) is 2.51. The zero-order valence-corrected chi connectivity index (χ0v) is 13.0. The molecule has 0 spiro atoms. The molecule has 0 aromatic carbocycles. The zero-order valence-electron chi connectivity index (χ0n) is 13.0. The molecule has 18 heavy (non-hydrogen) atoms. The highest BCUT2D eigenvalue weighted by molar-refractivity contribution is 4.82. The van der Waals surface area contributed by atoms with Crippen LogP contribution in [0.5, 0.6) is 0 Å². The van der Waals surface area contributed by atoms with E-state index in [2.05, 4.69) is 37.9 Å². The van der Waals surface area contributed by atoms with Gasteiger partial charge < -0.3 is 10.1 Å². The molecular weight excluding hydrogens is 224 g/mol. The number of nitrogens with one attached hydrogen (secondary N) is 1. The Morgan fingerprint density at radius 2 is 2.00 bits per heavy atom. The van der Waals surface area contributed by atoms with E-state index in [1.807, 2.05) is 0 Å². The molecule has 0 radical (unpaired) electrons. The molecule has 0 aliphatic heterocycles. The van der Waals surface area contributed by atoms with Crippen molar-refractivity contribution in [2.75, 3.05) is 33.4 Å². The van der Waals surface area contributed by atoms with Crippen molar-refractivity contribution >= 4 is 0 Å². The number of likely N-dealkylation sites (N-methyl/N-ethyl adjacent to an activating group) is 1. The van der Waals surface area contributed by atoms with Crippen LogP contribution in [0.2, 0.25) is 0 Å². The van der Waals surface area contributed by atoms with E-state index in [1.54, 1.807) is 7.11 Å². The Bertz CT molecular complexity index is 221. The summed E-state index contributed by atoms with van der Waals surface area (Å²) in [6.07, 6.45) is 4.27. The van der Waals surface area contributed by atoms with Gasteiger partial charge in [0.05, 0.1) is 6.61 Å². The summed E-state index contributed by atoms with van der Waals surface area (Å²) in [4.78, 5) is 2.59. The summed E-state index contributed by atoms with van der Waals surface area (Å²) in [5, 5.41) is 3.61. The lowest BCUT2D eigenvalue weighted by Gasteiger charge is -2.37. The number of ether oxygens (including phenoxy) is 1. The summed E-state index contributed by atoms with van der Waals surface area (Å²) < 4.78 is 5.40. The maximum Gasteiger partial charge on any atom is 0.0630 e. The van der Waals surface area contributed by atoms with E-state index in [9.17, 15) is 0 Å². The molecule has 0 heterocycles. The van der Waals surface area contributed by atoms with Crippen LogP contribution in [0.15, 0.2) is 0 Å². The van der Waals surface area contributed by atoms with Gasteiger partial charge in [-0.1, -0.05) is 13.3 Å². The highest BCUT2D eigenvalue weighted by atomic mass is 16.5. The molecule has 1 rings (SSSR count). The number of nitrogens with zero attached hydrogens (tertiary/aromatic N) is 1. The number of methoxy groups -OCH3 is 1. The van der Waals surface area contributed by atoms with Crippen molar-refractivity contribution in [3.63, 3.8) is 0 Å². The number of hydrogen-bond acceptors (Lipinski definition) is 3. The third kappa shape index (κ3) is 5.68. The van der Waals surface area contributed by atoms with E-state index >= 15 is 0 Å². The maximum atomic E-state index is 5.40. The van der Waals surface area contributed by atoms with Gasteiger partial charge in [-0.05, 0) is 46.1 Å². The lowest BCUT2D eigenvalue weighted by Crippen LogP contribution is -2.51. The van der Waals surface area contributed by atoms with Crippen LogP contribution in [-0.4, -0.2) is 49.8 Å². The average molecular weight is 256 g/mol. The Morgan fingerprint density at radius 3 is 2.39 bits per heavy atom. The van der Waals surface area contributed by atoms with Crippen molar-refractivity contribution < 1.29 is 4.74 Å². The third-order valence-corrected chi connectivity index (χ3v) is 3.87. The van der Waals surface area contributed by atoms with Gasteiger partial charge in [-0.25, -0.2) is 0 Å². The van der Waals surface area contributed by atoms with Gasteiger partial charge in [0.25, 0.3) is 0 Å². The van der Waals surface area contributed by atoms with Crippen molar-refractivity contribution in [3.8, 4) is 0 Å². The average Bonchev–Trinajstić information content (AvgIpc) is 2.22. The summed E-state index contributed by atoms with van der Waals surface area (Å²) in [7, 11) is 1.81. The van der Waals surface area contributed by atoms with E-state index < -0.39 is 0 Å². The third-order valence-electron chi connectivity index (χ3n) is 3.87. The lowest BCUT2D eigenvalue weighted by atomic mass is 9.85. The smallest absolute Gasteiger partial charge is 0.0630 e. The molecule has 1 aliphatic carbocycles. The van der Waals surface area contributed by atoms with Gasteiger partial charge >= 0.3 is 0 Å². The van der Waals surface area contributed by atoms with Crippen molar-refractivity contribution in [2.45, 2.75) is 58.5 Å². The first-order valence-corrected chi connectivity index (χ1v) is 7.44. The Kier molecular flexibility index (Phi) is 6.61. The first-order valence-electron chi connectivity index (χ1n) is 7.44. The van der Waals surface area contributed by atoms with Crippen molar-refractivity contribution in [3.05, 3.63) is 0 Å². The number of hydrogen-bond donors (Lipinski definition) is 1. The minimum Gasteiger partial charge on any atom is -0.383 e. The Morgan fingerprint density at radius 1 is 1.33 bits per heavy atom. The van der Waals surface area contributed by atoms with E-state index in [0.29, 0.717) is 6.04 Å². The maximum absolute atomic E-state index is 5.40.